The van der Waals surface area contributed by atoms with E-state index in [1.165, 1.54) is 0 Å². The number of rotatable bonds is 4. The molecule has 3 nitrogen and oxygen atoms in total. The van der Waals surface area contributed by atoms with Crippen LogP contribution in [-0.4, -0.2) is 0 Å². The van der Waals surface area contributed by atoms with Gasteiger partial charge in [-0.1, -0.05) is 50.6 Å². The second kappa shape index (κ2) is 6.41. The number of nitrogens with two attached hydrogens (primary N) is 1. The third-order valence-corrected chi connectivity index (χ3v) is 4.06. The number of hydrogen-bond donors (Lipinski definition) is 1. The van der Waals surface area contributed by atoms with E-state index in [0.29, 0.717) is 17.3 Å². The molecule has 0 fully saturated rings. The number of H-pyrrole nitrogens is 1. The number of nitrogen functional groups attached to an aromatic ring is 1. The van der Waals surface area contributed by atoms with E-state index in [1.807, 2.05) is 30.3 Å². The Balaban J connectivity index is 2.64. The molecule has 2 rings (SSSR count). The average Bonchev–Trinajstić information content (AvgIpc) is 2.50. The van der Waals surface area contributed by atoms with Crippen molar-refractivity contribution in [2.75, 3.05) is 5.73 Å². The Labute approximate surface area is 126 Å². The van der Waals surface area contributed by atoms with Gasteiger partial charge in [-0.2, -0.15) is 5.26 Å². The molecule has 0 aliphatic heterocycles. The number of pyridine rings is 1. The minimum atomic E-state index is 0.459. The van der Waals surface area contributed by atoms with Crippen molar-refractivity contribution in [3.05, 3.63) is 47.2 Å². The third kappa shape index (κ3) is 3.05. The van der Waals surface area contributed by atoms with E-state index in [2.05, 4.69) is 31.8 Å². The highest BCUT2D eigenvalue weighted by molar-refractivity contribution is 5.77. The quantitative estimate of drug-likeness (QED) is 0.931. The average molecular weight is 280 g/mol. The van der Waals surface area contributed by atoms with Crippen molar-refractivity contribution >= 4 is 5.82 Å². The van der Waals surface area contributed by atoms with Crippen LogP contribution in [0.15, 0.2) is 30.3 Å². The molecule has 0 unspecified atom stereocenters. The fraction of sp³-hybridized carbons (Fsp3) is 0.333. The van der Waals surface area contributed by atoms with E-state index in [1.54, 1.807) is 0 Å². The van der Waals surface area contributed by atoms with Crippen LogP contribution in [0.25, 0.3) is 11.1 Å². The van der Waals surface area contributed by atoms with Crippen molar-refractivity contribution in [3.63, 3.8) is 0 Å². The zero-order chi connectivity index (χ0) is 15.4. The molecule has 0 bridgehead atoms. The van der Waals surface area contributed by atoms with E-state index < -0.39 is 0 Å². The molecular formula is C18H22N3+. The molecule has 21 heavy (non-hydrogen) atoms. The highest BCUT2D eigenvalue weighted by Gasteiger charge is 2.21. The fourth-order valence-electron chi connectivity index (χ4n) is 2.57. The van der Waals surface area contributed by atoms with Gasteiger partial charge < -0.3 is 0 Å². The maximum atomic E-state index is 9.45. The van der Waals surface area contributed by atoms with E-state index in [4.69, 9.17) is 5.73 Å². The van der Waals surface area contributed by atoms with Crippen LogP contribution < -0.4 is 10.7 Å². The number of nitriles is 1. The Morgan fingerprint density at radius 3 is 2.52 bits per heavy atom. The van der Waals surface area contributed by atoms with Crippen molar-refractivity contribution in [1.29, 1.82) is 5.26 Å². The molecule has 0 radical (unpaired) electrons. The lowest BCUT2D eigenvalue weighted by Gasteiger charge is -2.14. The monoisotopic (exact) mass is 280 g/mol. The fourth-order valence-corrected chi connectivity index (χ4v) is 2.57. The number of benzene rings is 1. The van der Waals surface area contributed by atoms with Gasteiger partial charge >= 0.3 is 0 Å². The molecule has 0 spiro atoms. The van der Waals surface area contributed by atoms with E-state index in [-0.39, 0.29) is 0 Å². The summed E-state index contributed by atoms with van der Waals surface area (Å²) in [6.07, 6.45) is 2.06. The van der Waals surface area contributed by atoms with Gasteiger partial charge in [0.15, 0.2) is 0 Å². The van der Waals surface area contributed by atoms with E-state index in [9.17, 15) is 5.26 Å². The summed E-state index contributed by atoms with van der Waals surface area (Å²) in [4.78, 5) is 3.23. The third-order valence-electron chi connectivity index (χ3n) is 4.06. The van der Waals surface area contributed by atoms with Crippen LogP contribution in [0.1, 0.15) is 37.1 Å². The minimum absolute atomic E-state index is 0.459. The zero-order valence-corrected chi connectivity index (χ0v) is 12.9. The number of aromatic nitrogens is 1. The van der Waals surface area contributed by atoms with Crippen molar-refractivity contribution in [3.8, 4) is 17.2 Å². The van der Waals surface area contributed by atoms with Crippen molar-refractivity contribution in [2.24, 2.45) is 5.92 Å². The Morgan fingerprint density at radius 1 is 1.29 bits per heavy atom. The Bertz CT molecular complexity index is 669. The highest BCUT2D eigenvalue weighted by atomic mass is 14.9. The van der Waals surface area contributed by atoms with Gasteiger partial charge in [0.25, 0.3) is 5.82 Å². The van der Waals surface area contributed by atoms with Gasteiger partial charge in [0.1, 0.15) is 17.3 Å². The van der Waals surface area contributed by atoms with Gasteiger partial charge in [0, 0.05) is 17.5 Å². The van der Waals surface area contributed by atoms with Crippen LogP contribution in [0.5, 0.6) is 0 Å². The van der Waals surface area contributed by atoms with Gasteiger partial charge in [0.2, 0.25) is 0 Å². The van der Waals surface area contributed by atoms with E-state index in [0.717, 1.165) is 35.2 Å². The van der Waals surface area contributed by atoms with Crippen LogP contribution in [-0.2, 0) is 6.42 Å². The first-order valence-electron chi connectivity index (χ1n) is 7.38. The molecule has 0 saturated heterocycles. The summed E-state index contributed by atoms with van der Waals surface area (Å²) in [7, 11) is 0. The molecular weight excluding hydrogens is 258 g/mol. The lowest BCUT2D eigenvalue weighted by Crippen LogP contribution is -2.23. The maximum Gasteiger partial charge on any atom is 0.289 e. The summed E-state index contributed by atoms with van der Waals surface area (Å²) in [5.41, 5.74) is 10.8. The lowest BCUT2D eigenvalue weighted by molar-refractivity contribution is -0.374. The Kier molecular flexibility index (Phi) is 4.59. The largest absolute Gasteiger partial charge is 0.289 e. The maximum absolute atomic E-state index is 9.45. The molecule has 0 aliphatic rings. The lowest BCUT2D eigenvalue weighted by atomic mass is 9.91. The van der Waals surface area contributed by atoms with Crippen LogP contribution in [0.3, 0.4) is 0 Å². The van der Waals surface area contributed by atoms with Crippen molar-refractivity contribution < 1.29 is 4.98 Å². The summed E-state index contributed by atoms with van der Waals surface area (Å²) in [6.45, 7) is 6.48. The highest BCUT2D eigenvalue weighted by Crippen LogP contribution is 2.30. The van der Waals surface area contributed by atoms with Gasteiger partial charge in [-0.05, 0) is 18.4 Å². The number of nitrogens with zero attached hydrogens (tertiary/aromatic N) is 1. The van der Waals surface area contributed by atoms with Crippen molar-refractivity contribution in [1.82, 2.24) is 0 Å². The molecule has 1 heterocycles. The molecule has 3 N–H and O–H groups in total. The zero-order valence-electron chi connectivity index (χ0n) is 12.9. The summed E-state index contributed by atoms with van der Waals surface area (Å²) >= 11 is 0. The number of hydrogen-bond acceptors (Lipinski definition) is 2. The molecule has 1 aromatic heterocycles. The molecule has 0 saturated carbocycles. The first-order valence-corrected chi connectivity index (χ1v) is 7.38. The summed E-state index contributed by atoms with van der Waals surface area (Å²) < 4.78 is 0. The van der Waals surface area contributed by atoms with Crippen LogP contribution in [0, 0.1) is 24.2 Å². The van der Waals surface area contributed by atoms with Gasteiger partial charge in [-0.15, -0.1) is 0 Å². The Morgan fingerprint density at radius 2 is 1.95 bits per heavy atom. The topological polar surface area (TPSA) is 63.9 Å². The van der Waals surface area contributed by atoms with Crippen LogP contribution in [0.4, 0.5) is 5.82 Å². The van der Waals surface area contributed by atoms with Crippen molar-refractivity contribution in [2.45, 2.75) is 33.6 Å². The van der Waals surface area contributed by atoms with Crippen LogP contribution in [0.2, 0.25) is 0 Å². The molecule has 0 aliphatic carbocycles. The molecule has 0 amide bonds. The first-order chi connectivity index (χ1) is 10.1. The molecule has 1 aromatic carbocycles. The summed E-state index contributed by atoms with van der Waals surface area (Å²) in [6, 6.07) is 12.2. The van der Waals surface area contributed by atoms with Gasteiger partial charge in [-0.3, -0.25) is 5.73 Å². The predicted octanol–water partition coefficient (Wildman–Crippen LogP) is 3.52. The molecule has 108 valence electrons. The molecule has 1 atom stereocenters. The minimum Gasteiger partial charge on any atom is -0.286 e. The van der Waals surface area contributed by atoms with Crippen LogP contribution >= 0.6 is 0 Å². The Hall–Kier alpha value is -2.34. The number of anilines is 1. The smallest absolute Gasteiger partial charge is 0.286 e. The normalized spacial score (nSPS) is 11.9. The predicted molar refractivity (Wildman–Crippen MR) is 85.5 cm³/mol. The summed E-state index contributed by atoms with van der Waals surface area (Å²) in [5, 5.41) is 9.45. The molecule has 2 aromatic rings. The van der Waals surface area contributed by atoms with Gasteiger partial charge in [-0.25, -0.2) is 4.98 Å². The van der Waals surface area contributed by atoms with E-state index >= 15 is 0 Å². The number of nitrogens with one attached hydrogen (secondary N) is 1. The summed E-state index contributed by atoms with van der Waals surface area (Å²) in [5.74, 6) is 1.04. The number of aromatic amines is 1. The first kappa shape index (κ1) is 15.1. The SMILES string of the molecule is CC[C@H](C)Cc1[nH+]c(N)c(C#N)c(-c2ccccc2)c1C. The second-order valence-corrected chi connectivity index (χ2v) is 5.59. The molecule has 3 heteroatoms. The second-order valence-electron chi connectivity index (χ2n) is 5.59. The van der Waals surface area contributed by atoms with Gasteiger partial charge in [0.05, 0.1) is 0 Å². The standard InChI is InChI=1S/C18H21N3/c1-4-12(2)10-16-13(3)17(14-8-6-5-7-9-14)15(11-19)18(20)21-16/h5-9,12H,4,10H2,1-3H3,(H2,20,21)/p+1/t12-/m0/s1.